The van der Waals surface area contributed by atoms with Crippen molar-refractivity contribution < 1.29 is 22.7 Å². The first-order valence-corrected chi connectivity index (χ1v) is 6.82. The average molecular weight is 312 g/mol. The van der Waals surface area contributed by atoms with Gasteiger partial charge in [-0.05, 0) is 35.5 Å². The maximum Gasteiger partial charge on any atom is 0.416 e. The molecule has 0 spiro atoms. The van der Waals surface area contributed by atoms with Crippen molar-refractivity contribution in [2.24, 2.45) is 0 Å². The number of carbonyl (C=O) groups is 1. The van der Waals surface area contributed by atoms with Gasteiger partial charge in [-0.15, -0.1) is 0 Å². The van der Waals surface area contributed by atoms with E-state index in [0.29, 0.717) is 11.8 Å². The first-order valence-electron chi connectivity index (χ1n) is 6.01. The maximum atomic E-state index is 12.5. The van der Waals surface area contributed by atoms with E-state index in [9.17, 15) is 18.0 Å². The third-order valence-electron chi connectivity index (χ3n) is 2.56. The van der Waals surface area contributed by atoms with Crippen LogP contribution in [-0.2, 0) is 17.5 Å². The van der Waals surface area contributed by atoms with Crippen LogP contribution >= 0.6 is 11.8 Å². The molecule has 0 N–H and O–H groups in total. The van der Waals surface area contributed by atoms with Crippen molar-refractivity contribution in [1.29, 1.82) is 0 Å². The molecule has 0 aliphatic rings. The number of carbonyl (C=O) groups excluding carboxylic acids is 1. The first kappa shape index (κ1) is 15.4. The van der Waals surface area contributed by atoms with Crippen LogP contribution in [0.4, 0.5) is 18.0 Å². The zero-order valence-corrected chi connectivity index (χ0v) is 11.6. The summed E-state index contributed by atoms with van der Waals surface area (Å²) in [6.07, 6.45) is -4.43. The van der Waals surface area contributed by atoms with Gasteiger partial charge in [0.05, 0.1) is 5.56 Å². The summed E-state index contributed by atoms with van der Waals surface area (Å²) in [5.74, 6) is 0. The summed E-state index contributed by atoms with van der Waals surface area (Å²) >= 11 is 0.632. The molecule has 2 nitrogen and oxygen atoms in total. The van der Waals surface area contributed by atoms with Crippen molar-refractivity contribution in [3.63, 3.8) is 0 Å². The normalized spacial score (nSPS) is 11.2. The SMILES string of the molecule is O=C(OCc1ccccc1)Sc1cccc(C(F)(F)F)c1. The number of hydrogen-bond acceptors (Lipinski definition) is 3. The summed E-state index contributed by atoms with van der Waals surface area (Å²) in [6, 6.07) is 13.6. The fourth-order valence-electron chi connectivity index (χ4n) is 1.58. The Morgan fingerprint density at radius 2 is 1.76 bits per heavy atom. The maximum absolute atomic E-state index is 12.5. The Labute approximate surface area is 123 Å². The van der Waals surface area contributed by atoms with Crippen molar-refractivity contribution in [2.45, 2.75) is 17.7 Å². The van der Waals surface area contributed by atoms with Crippen LogP contribution in [0.2, 0.25) is 0 Å². The molecule has 0 aliphatic carbocycles. The van der Waals surface area contributed by atoms with Gasteiger partial charge in [-0.25, -0.2) is 4.79 Å². The first-order chi connectivity index (χ1) is 9.95. The zero-order valence-electron chi connectivity index (χ0n) is 10.8. The molecular formula is C15H11F3O2S. The van der Waals surface area contributed by atoms with Crippen molar-refractivity contribution >= 4 is 17.1 Å². The monoisotopic (exact) mass is 312 g/mol. The quantitative estimate of drug-likeness (QED) is 0.580. The molecule has 0 amide bonds. The molecule has 110 valence electrons. The van der Waals surface area contributed by atoms with Crippen molar-refractivity contribution in [3.05, 3.63) is 65.7 Å². The Bertz CT molecular complexity index is 612. The number of rotatable bonds is 3. The summed E-state index contributed by atoms with van der Waals surface area (Å²) in [7, 11) is 0. The van der Waals surface area contributed by atoms with E-state index in [-0.39, 0.29) is 11.5 Å². The molecule has 0 fully saturated rings. The Hall–Kier alpha value is -1.95. The molecule has 0 atom stereocenters. The van der Waals surface area contributed by atoms with Gasteiger partial charge >= 0.3 is 11.5 Å². The van der Waals surface area contributed by atoms with E-state index in [2.05, 4.69) is 0 Å². The number of benzene rings is 2. The zero-order chi connectivity index (χ0) is 15.3. The van der Waals surface area contributed by atoms with Gasteiger partial charge in [0.1, 0.15) is 6.61 Å². The van der Waals surface area contributed by atoms with Gasteiger partial charge < -0.3 is 4.74 Å². The third-order valence-corrected chi connectivity index (χ3v) is 3.34. The summed E-state index contributed by atoms with van der Waals surface area (Å²) < 4.78 is 42.6. The van der Waals surface area contributed by atoms with Crippen LogP contribution < -0.4 is 0 Å². The van der Waals surface area contributed by atoms with Crippen molar-refractivity contribution in [1.82, 2.24) is 0 Å². The Balaban J connectivity index is 1.94. The summed E-state index contributed by atoms with van der Waals surface area (Å²) in [4.78, 5) is 11.8. The van der Waals surface area contributed by atoms with Crippen LogP contribution in [0.25, 0.3) is 0 Å². The molecule has 0 bridgehead atoms. The summed E-state index contributed by atoms with van der Waals surface area (Å²) in [5, 5.41) is -0.641. The van der Waals surface area contributed by atoms with Gasteiger partial charge in [0.15, 0.2) is 0 Å². The molecule has 0 radical (unpaired) electrons. The predicted molar refractivity (Wildman–Crippen MR) is 73.9 cm³/mol. The smallest absolute Gasteiger partial charge is 0.416 e. The lowest BCUT2D eigenvalue weighted by molar-refractivity contribution is -0.137. The predicted octanol–water partition coefficient (Wildman–Crippen LogP) is 5.13. The van der Waals surface area contributed by atoms with E-state index < -0.39 is 17.0 Å². The van der Waals surface area contributed by atoms with Crippen LogP contribution in [0, 0.1) is 0 Å². The van der Waals surface area contributed by atoms with E-state index in [1.54, 1.807) is 12.1 Å². The molecule has 6 heteroatoms. The topological polar surface area (TPSA) is 26.3 Å². The number of alkyl halides is 3. The van der Waals surface area contributed by atoms with Crippen LogP contribution in [0.5, 0.6) is 0 Å². The van der Waals surface area contributed by atoms with E-state index >= 15 is 0 Å². The summed E-state index contributed by atoms with van der Waals surface area (Å²) in [6.45, 7) is 0.0889. The highest BCUT2D eigenvalue weighted by Gasteiger charge is 2.30. The van der Waals surface area contributed by atoms with Gasteiger partial charge in [0.2, 0.25) is 0 Å². The largest absolute Gasteiger partial charge is 0.452 e. The van der Waals surface area contributed by atoms with Crippen LogP contribution in [0.15, 0.2) is 59.5 Å². The molecular weight excluding hydrogens is 301 g/mol. The van der Waals surface area contributed by atoms with Gasteiger partial charge in [0, 0.05) is 4.90 Å². The average Bonchev–Trinajstić information content (AvgIpc) is 2.46. The summed E-state index contributed by atoms with van der Waals surface area (Å²) in [5.41, 5.74) is 0.0267. The van der Waals surface area contributed by atoms with Crippen LogP contribution in [0.1, 0.15) is 11.1 Å². The molecule has 0 unspecified atom stereocenters. The Kier molecular flexibility index (Phi) is 4.90. The van der Waals surface area contributed by atoms with E-state index in [0.717, 1.165) is 17.7 Å². The second-order valence-electron chi connectivity index (χ2n) is 4.15. The van der Waals surface area contributed by atoms with Gasteiger partial charge in [-0.3, -0.25) is 0 Å². The second kappa shape index (κ2) is 6.67. The van der Waals surface area contributed by atoms with E-state index in [1.165, 1.54) is 12.1 Å². The number of thioether (sulfide) groups is 1. The fraction of sp³-hybridized carbons (Fsp3) is 0.133. The molecule has 2 aromatic carbocycles. The van der Waals surface area contributed by atoms with E-state index in [1.807, 2.05) is 18.2 Å². The molecule has 21 heavy (non-hydrogen) atoms. The molecule has 0 saturated heterocycles. The minimum absolute atomic E-state index is 0.0889. The van der Waals surface area contributed by atoms with Gasteiger partial charge in [0.25, 0.3) is 0 Å². The lowest BCUT2D eigenvalue weighted by atomic mass is 10.2. The minimum atomic E-state index is -4.43. The molecule has 2 aromatic rings. The standard InChI is InChI=1S/C15H11F3O2S/c16-15(17,18)12-7-4-8-13(9-12)21-14(19)20-10-11-5-2-1-3-6-11/h1-9H,10H2. The fourth-order valence-corrected chi connectivity index (χ4v) is 2.22. The third kappa shape index (κ3) is 4.82. The highest BCUT2D eigenvalue weighted by atomic mass is 32.2. The van der Waals surface area contributed by atoms with E-state index in [4.69, 9.17) is 4.74 Å². The van der Waals surface area contributed by atoms with Crippen molar-refractivity contribution in [3.8, 4) is 0 Å². The number of hydrogen-bond donors (Lipinski definition) is 0. The van der Waals surface area contributed by atoms with Gasteiger partial charge in [-0.1, -0.05) is 36.4 Å². The molecule has 0 heterocycles. The number of ether oxygens (including phenoxy) is 1. The van der Waals surface area contributed by atoms with Gasteiger partial charge in [-0.2, -0.15) is 13.2 Å². The lowest BCUT2D eigenvalue weighted by Crippen LogP contribution is -2.04. The Morgan fingerprint density at radius 3 is 2.43 bits per heavy atom. The lowest BCUT2D eigenvalue weighted by Gasteiger charge is -2.08. The van der Waals surface area contributed by atoms with Crippen molar-refractivity contribution in [2.75, 3.05) is 0 Å². The molecule has 2 rings (SSSR count). The van der Waals surface area contributed by atoms with Crippen LogP contribution in [-0.4, -0.2) is 5.30 Å². The highest BCUT2D eigenvalue weighted by molar-refractivity contribution is 8.13. The minimum Gasteiger partial charge on any atom is -0.452 e. The van der Waals surface area contributed by atoms with Crippen LogP contribution in [0.3, 0.4) is 0 Å². The Morgan fingerprint density at radius 1 is 1.05 bits per heavy atom. The molecule has 0 aliphatic heterocycles. The highest BCUT2D eigenvalue weighted by Crippen LogP contribution is 2.32. The molecule has 0 aromatic heterocycles. The second-order valence-corrected chi connectivity index (χ2v) is 5.16. The molecule has 0 saturated carbocycles. The number of halogens is 3.